The first kappa shape index (κ1) is 16.5. The Morgan fingerprint density at radius 2 is 1.89 bits per heavy atom. The molecule has 6 nitrogen and oxygen atoms in total. The highest BCUT2D eigenvalue weighted by molar-refractivity contribution is 6.41. The largest absolute Gasteiger partial charge is 0.460 e. The summed E-state index contributed by atoms with van der Waals surface area (Å²) in [6.45, 7) is 3.18. The van der Waals surface area contributed by atoms with Crippen LogP contribution < -0.4 is 0 Å². The molecule has 0 amide bonds. The minimum Gasteiger partial charge on any atom is -0.460 e. The maximum absolute atomic E-state index is 11.5. The van der Waals surface area contributed by atoms with E-state index in [0.717, 1.165) is 6.08 Å². The van der Waals surface area contributed by atoms with Gasteiger partial charge in [0.1, 0.15) is 23.3 Å². The van der Waals surface area contributed by atoms with Crippen LogP contribution in [0.15, 0.2) is 11.6 Å². The third-order valence-corrected chi connectivity index (χ3v) is 2.28. The van der Waals surface area contributed by atoms with Crippen molar-refractivity contribution in [3.05, 3.63) is 11.6 Å². The predicted octanol–water partition coefficient (Wildman–Crippen LogP) is 1.08. The van der Waals surface area contributed by atoms with Crippen LogP contribution in [-0.2, 0) is 19.1 Å². The van der Waals surface area contributed by atoms with E-state index in [1.54, 1.807) is 19.1 Å². The Bertz CT molecular complexity index is 480. The summed E-state index contributed by atoms with van der Waals surface area (Å²) < 4.78 is 4.48. The topological polar surface area (TPSA) is 108 Å². The number of hydrogen-bond acceptors (Lipinski definition) is 6. The fraction of sp³-hybridized carbons (Fsp3) is 0.462. The van der Waals surface area contributed by atoms with Gasteiger partial charge >= 0.3 is 5.97 Å². The quantitative estimate of drug-likeness (QED) is 0.294. The van der Waals surface area contributed by atoms with Crippen molar-refractivity contribution in [2.45, 2.75) is 26.7 Å². The molecular weight excluding hydrogens is 248 g/mol. The monoisotopic (exact) mass is 262 g/mol. The van der Waals surface area contributed by atoms with E-state index in [-0.39, 0.29) is 25.2 Å². The van der Waals surface area contributed by atoms with Gasteiger partial charge in [-0.25, -0.2) is 4.79 Å². The van der Waals surface area contributed by atoms with Gasteiger partial charge in [0.05, 0.1) is 12.7 Å². The number of allylic oxidation sites excluding steroid dienone is 1. The van der Waals surface area contributed by atoms with Crippen molar-refractivity contribution in [3.8, 4) is 12.1 Å². The molecule has 0 spiro atoms. The molecule has 0 fully saturated rings. The molecule has 0 saturated carbocycles. The van der Waals surface area contributed by atoms with Crippen molar-refractivity contribution in [1.82, 2.24) is 0 Å². The van der Waals surface area contributed by atoms with Gasteiger partial charge in [0.15, 0.2) is 0 Å². The molecule has 19 heavy (non-hydrogen) atoms. The third kappa shape index (κ3) is 5.13. The third-order valence-electron chi connectivity index (χ3n) is 2.28. The summed E-state index contributed by atoms with van der Waals surface area (Å²) in [7, 11) is 0. The second-order valence-electron chi connectivity index (χ2n) is 3.52. The predicted molar refractivity (Wildman–Crippen MR) is 64.4 cm³/mol. The van der Waals surface area contributed by atoms with Crippen LogP contribution in [-0.4, -0.2) is 24.1 Å². The van der Waals surface area contributed by atoms with E-state index in [4.69, 9.17) is 10.5 Å². The molecule has 0 radical (unpaired) electrons. The molecule has 0 saturated heterocycles. The van der Waals surface area contributed by atoms with Gasteiger partial charge in [-0.05, 0) is 13.3 Å². The van der Waals surface area contributed by atoms with Gasteiger partial charge in [-0.15, -0.1) is 0 Å². The maximum atomic E-state index is 11.5. The molecule has 0 aromatic rings. The molecule has 0 aliphatic carbocycles. The van der Waals surface area contributed by atoms with Crippen molar-refractivity contribution in [3.63, 3.8) is 0 Å². The molecule has 0 aliphatic rings. The number of ketones is 2. The Kier molecular flexibility index (Phi) is 7.48. The molecule has 0 rings (SSSR count). The number of nitrogens with zero attached hydrogens (tertiary/aromatic N) is 2. The zero-order valence-corrected chi connectivity index (χ0v) is 10.8. The van der Waals surface area contributed by atoms with Gasteiger partial charge in [0, 0.05) is 6.42 Å². The second-order valence-corrected chi connectivity index (χ2v) is 3.52. The van der Waals surface area contributed by atoms with Crippen LogP contribution in [0.25, 0.3) is 0 Å². The lowest BCUT2D eigenvalue weighted by atomic mass is 9.98. The Hall–Kier alpha value is -2.47. The summed E-state index contributed by atoms with van der Waals surface area (Å²) in [5.74, 6) is -3.38. The Morgan fingerprint density at radius 1 is 1.26 bits per heavy atom. The Labute approximate surface area is 111 Å². The smallest absolute Gasteiger partial charge is 0.380 e. The highest BCUT2D eigenvalue weighted by Gasteiger charge is 2.21. The van der Waals surface area contributed by atoms with Gasteiger partial charge in [-0.1, -0.05) is 13.0 Å². The van der Waals surface area contributed by atoms with Crippen LogP contribution in [0, 0.1) is 28.6 Å². The van der Waals surface area contributed by atoms with E-state index in [2.05, 4.69) is 4.74 Å². The molecule has 0 aromatic heterocycles. The SMILES string of the molecule is CCOC(=O)C(=O)/C(C#N)=C/CC(C#N)C(=O)CC. The first-order chi connectivity index (χ1) is 9.01. The molecule has 0 bridgehead atoms. The minimum absolute atomic E-state index is 0.0262. The van der Waals surface area contributed by atoms with Crippen molar-refractivity contribution in [2.24, 2.45) is 5.92 Å². The standard InChI is InChI=1S/C13H14N2O4/c1-3-11(16)9(7-14)5-6-10(8-15)12(17)13(18)19-4-2/h6,9H,3-5H2,1-2H3/b10-6+. The van der Waals surface area contributed by atoms with Crippen molar-refractivity contribution >= 4 is 17.5 Å². The van der Waals surface area contributed by atoms with Crippen LogP contribution in [0.2, 0.25) is 0 Å². The van der Waals surface area contributed by atoms with Crippen LogP contribution in [0.1, 0.15) is 26.7 Å². The number of carbonyl (C=O) groups is 3. The lowest BCUT2D eigenvalue weighted by molar-refractivity contribution is -0.151. The van der Waals surface area contributed by atoms with Crippen molar-refractivity contribution in [1.29, 1.82) is 10.5 Å². The average Bonchev–Trinajstić information content (AvgIpc) is 2.42. The van der Waals surface area contributed by atoms with E-state index in [1.807, 2.05) is 0 Å². The summed E-state index contributed by atoms with van der Waals surface area (Å²) in [6, 6.07) is 3.36. The highest BCUT2D eigenvalue weighted by Crippen LogP contribution is 2.10. The van der Waals surface area contributed by atoms with E-state index >= 15 is 0 Å². The van der Waals surface area contributed by atoms with Gasteiger partial charge in [-0.2, -0.15) is 10.5 Å². The summed E-state index contributed by atoms with van der Waals surface area (Å²) in [4.78, 5) is 34.0. The van der Waals surface area contributed by atoms with Crippen molar-refractivity contribution < 1.29 is 19.1 Å². The van der Waals surface area contributed by atoms with Crippen molar-refractivity contribution in [2.75, 3.05) is 6.61 Å². The van der Waals surface area contributed by atoms with Crippen LogP contribution in [0.5, 0.6) is 0 Å². The van der Waals surface area contributed by atoms with Gasteiger partial charge in [0.2, 0.25) is 0 Å². The molecular formula is C13H14N2O4. The number of Topliss-reactive ketones (excluding diaryl/α,β-unsaturated/α-hetero) is 2. The van der Waals surface area contributed by atoms with E-state index in [1.165, 1.54) is 6.92 Å². The number of nitriles is 2. The van der Waals surface area contributed by atoms with Crippen LogP contribution in [0.4, 0.5) is 0 Å². The normalized spacial score (nSPS) is 11.9. The van der Waals surface area contributed by atoms with E-state index in [0.29, 0.717) is 0 Å². The summed E-state index contributed by atoms with van der Waals surface area (Å²) in [5.41, 5.74) is -0.414. The first-order valence-corrected chi connectivity index (χ1v) is 5.75. The van der Waals surface area contributed by atoms with E-state index in [9.17, 15) is 14.4 Å². The van der Waals surface area contributed by atoms with Gasteiger partial charge in [-0.3, -0.25) is 9.59 Å². The molecule has 0 aliphatic heterocycles. The molecule has 0 heterocycles. The summed E-state index contributed by atoms with van der Waals surface area (Å²) in [6.07, 6.45) is 1.25. The Morgan fingerprint density at radius 3 is 2.32 bits per heavy atom. The second kappa shape index (κ2) is 8.60. The highest BCUT2D eigenvalue weighted by atomic mass is 16.5. The zero-order chi connectivity index (χ0) is 14.8. The van der Waals surface area contributed by atoms with Gasteiger partial charge in [0.25, 0.3) is 5.78 Å². The summed E-state index contributed by atoms with van der Waals surface area (Å²) >= 11 is 0. The molecule has 1 atom stereocenters. The number of ether oxygens (including phenoxy) is 1. The molecule has 1 unspecified atom stereocenters. The van der Waals surface area contributed by atoms with Gasteiger partial charge < -0.3 is 4.74 Å². The summed E-state index contributed by atoms with van der Waals surface area (Å²) in [5, 5.41) is 17.6. The molecule has 0 aromatic carbocycles. The minimum atomic E-state index is -1.12. The number of carbonyl (C=O) groups excluding carboxylic acids is 3. The molecule has 6 heteroatoms. The lowest BCUT2D eigenvalue weighted by Crippen LogP contribution is -2.19. The fourth-order valence-electron chi connectivity index (χ4n) is 1.23. The molecule has 100 valence electrons. The zero-order valence-electron chi connectivity index (χ0n) is 10.8. The first-order valence-electron chi connectivity index (χ1n) is 5.75. The van der Waals surface area contributed by atoms with Crippen LogP contribution >= 0.6 is 0 Å². The number of esters is 1. The fourth-order valence-corrected chi connectivity index (χ4v) is 1.23. The van der Waals surface area contributed by atoms with Crippen LogP contribution in [0.3, 0.4) is 0 Å². The maximum Gasteiger partial charge on any atom is 0.380 e. The van der Waals surface area contributed by atoms with E-state index < -0.39 is 23.2 Å². The lowest BCUT2D eigenvalue weighted by Gasteiger charge is -2.03. The average molecular weight is 262 g/mol. The number of hydrogen-bond donors (Lipinski definition) is 0. The number of rotatable bonds is 7. The molecule has 0 N–H and O–H groups in total. The Balaban J connectivity index is 4.89.